The number of halogens is 5. The maximum absolute atomic E-state index is 13.0. The fourth-order valence-electron chi connectivity index (χ4n) is 0.715. The lowest BCUT2D eigenvalue weighted by atomic mass is 10.2. The van der Waals surface area contributed by atoms with E-state index >= 15 is 0 Å². The first-order chi connectivity index (χ1) is 5.46. The Balaban J connectivity index is 3.60. The second-order valence-corrected chi connectivity index (χ2v) is 3.71. The van der Waals surface area contributed by atoms with Crippen LogP contribution >= 0.6 is 46.4 Å². The van der Waals surface area contributed by atoms with Crippen LogP contribution in [-0.2, 0) is 0 Å². The largest absolute Gasteiger partial charge is 0.204 e. The molecule has 0 radical (unpaired) electrons. The molecule has 1 rings (SSSR count). The van der Waals surface area contributed by atoms with Crippen LogP contribution in [0, 0.1) is 12.7 Å². The highest BCUT2D eigenvalue weighted by Gasteiger charge is 2.17. The first kappa shape index (κ1) is 10.4. The quantitative estimate of drug-likeness (QED) is 0.459. The Hall–Kier alpha value is 0.310. The molecule has 0 nitrogen and oxygen atoms in total. The smallest absolute Gasteiger partial charge is 0.163 e. The molecule has 0 N–H and O–H groups in total. The lowest BCUT2D eigenvalue weighted by Crippen LogP contribution is -1.87. The lowest BCUT2D eigenvalue weighted by Gasteiger charge is -2.06. The van der Waals surface area contributed by atoms with E-state index in [4.69, 9.17) is 46.4 Å². The Labute approximate surface area is 89.2 Å². The first-order valence-corrected chi connectivity index (χ1v) is 4.46. The van der Waals surface area contributed by atoms with Crippen LogP contribution in [-0.4, -0.2) is 0 Å². The molecule has 0 unspecified atom stereocenters. The van der Waals surface area contributed by atoms with Crippen molar-refractivity contribution in [1.29, 1.82) is 0 Å². The van der Waals surface area contributed by atoms with Crippen LogP contribution in [0.3, 0.4) is 0 Å². The van der Waals surface area contributed by atoms with E-state index in [0.29, 0.717) is 5.56 Å². The van der Waals surface area contributed by atoms with Gasteiger partial charge >= 0.3 is 0 Å². The summed E-state index contributed by atoms with van der Waals surface area (Å²) in [5, 5.41) is -0.181. The number of hydrogen-bond donors (Lipinski definition) is 0. The summed E-state index contributed by atoms with van der Waals surface area (Å²) in [6.45, 7) is 1.61. The fourth-order valence-corrected chi connectivity index (χ4v) is 1.64. The molecule has 12 heavy (non-hydrogen) atoms. The molecular formula is C7H3Cl4F. The minimum Gasteiger partial charge on any atom is -0.204 e. The summed E-state index contributed by atoms with van der Waals surface area (Å²) in [6.07, 6.45) is 0. The van der Waals surface area contributed by atoms with Crippen molar-refractivity contribution in [2.45, 2.75) is 6.92 Å². The summed E-state index contributed by atoms with van der Waals surface area (Å²) in [6, 6.07) is 0. The van der Waals surface area contributed by atoms with Gasteiger partial charge in [0.1, 0.15) is 0 Å². The van der Waals surface area contributed by atoms with Gasteiger partial charge in [-0.05, 0) is 12.5 Å². The molecule has 0 saturated carbocycles. The van der Waals surface area contributed by atoms with Crippen LogP contribution < -0.4 is 0 Å². The molecule has 5 heteroatoms. The van der Waals surface area contributed by atoms with Crippen LogP contribution in [0.1, 0.15) is 5.56 Å². The van der Waals surface area contributed by atoms with Crippen LogP contribution in [0.2, 0.25) is 20.1 Å². The molecule has 66 valence electrons. The number of hydrogen-bond acceptors (Lipinski definition) is 0. The van der Waals surface area contributed by atoms with Crippen molar-refractivity contribution in [1.82, 2.24) is 0 Å². The van der Waals surface area contributed by atoms with E-state index in [1.165, 1.54) is 0 Å². The van der Waals surface area contributed by atoms with Gasteiger partial charge in [0, 0.05) is 0 Å². The van der Waals surface area contributed by atoms with Crippen molar-refractivity contribution in [3.8, 4) is 0 Å². The second-order valence-electron chi connectivity index (χ2n) is 2.19. The highest BCUT2D eigenvalue weighted by Crippen LogP contribution is 2.39. The molecular weight excluding hydrogens is 245 g/mol. The summed E-state index contributed by atoms with van der Waals surface area (Å²) in [4.78, 5) is 0. The Morgan fingerprint density at radius 1 is 0.833 bits per heavy atom. The van der Waals surface area contributed by atoms with Gasteiger partial charge in [-0.2, -0.15) is 0 Å². The zero-order chi connectivity index (χ0) is 9.46. The van der Waals surface area contributed by atoms with Crippen molar-refractivity contribution < 1.29 is 4.39 Å². The minimum absolute atomic E-state index is 0.101. The zero-order valence-corrected chi connectivity index (χ0v) is 8.91. The van der Waals surface area contributed by atoms with E-state index in [2.05, 4.69) is 0 Å². The summed E-state index contributed by atoms with van der Waals surface area (Å²) in [5.41, 5.74) is 0.481. The third-order valence-electron chi connectivity index (χ3n) is 1.43. The van der Waals surface area contributed by atoms with E-state index < -0.39 is 5.82 Å². The minimum atomic E-state index is -0.779. The number of benzene rings is 1. The second kappa shape index (κ2) is 3.59. The van der Waals surface area contributed by atoms with E-state index in [-0.39, 0.29) is 20.1 Å². The summed E-state index contributed by atoms with van der Waals surface area (Å²) in [7, 11) is 0. The average Bonchev–Trinajstić information content (AvgIpc) is 2.08. The maximum atomic E-state index is 13.0. The van der Waals surface area contributed by atoms with Crippen LogP contribution in [0.15, 0.2) is 0 Å². The van der Waals surface area contributed by atoms with E-state index in [9.17, 15) is 4.39 Å². The summed E-state index contributed by atoms with van der Waals surface area (Å²) in [5.74, 6) is -0.779. The number of rotatable bonds is 0. The van der Waals surface area contributed by atoms with Gasteiger partial charge in [-0.3, -0.25) is 0 Å². The first-order valence-electron chi connectivity index (χ1n) is 2.94. The van der Waals surface area contributed by atoms with Crippen molar-refractivity contribution in [2.24, 2.45) is 0 Å². The van der Waals surface area contributed by atoms with Gasteiger partial charge in [0.15, 0.2) is 5.82 Å². The molecule has 0 aliphatic heterocycles. The van der Waals surface area contributed by atoms with Crippen molar-refractivity contribution in [2.75, 3.05) is 0 Å². The van der Waals surface area contributed by atoms with Gasteiger partial charge in [0.25, 0.3) is 0 Å². The molecule has 0 aromatic heterocycles. The standard InChI is InChI=1S/C7H3Cl4F/c1-2-3(8)5(10)7(12)6(11)4(2)9/h1H3. The lowest BCUT2D eigenvalue weighted by molar-refractivity contribution is 0.628. The van der Waals surface area contributed by atoms with Crippen LogP contribution in [0.4, 0.5) is 4.39 Å². The monoisotopic (exact) mass is 246 g/mol. The van der Waals surface area contributed by atoms with Crippen molar-refractivity contribution in [3.05, 3.63) is 31.5 Å². The highest BCUT2D eigenvalue weighted by atomic mass is 35.5. The van der Waals surface area contributed by atoms with Gasteiger partial charge in [-0.25, -0.2) is 4.39 Å². The van der Waals surface area contributed by atoms with E-state index in [1.54, 1.807) is 6.92 Å². The molecule has 1 aromatic rings. The summed E-state index contributed by atoms with van der Waals surface area (Å²) < 4.78 is 13.0. The van der Waals surface area contributed by atoms with Gasteiger partial charge in [-0.15, -0.1) is 0 Å². The van der Waals surface area contributed by atoms with Crippen molar-refractivity contribution >= 4 is 46.4 Å². The molecule has 0 heterocycles. The van der Waals surface area contributed by atoms with Crippen molar-refractivity contribution in [3.63, 3.8) is 0 Å². The Kier molecular flexibility index (Phi) is 3.11. The maximum Gasteiger partial charge on any atom is 0.163 e. The zero-order valence-electron chi connectivity index (χ0n) is 5.89. The molecule has 0 fully saturated rings. The highest BCUT2D eigenvalue weighted by molar-refractivity contribution is 6.48. The molecule has 0 aliphatic carbocycles. The summed E-state index contributed by atoms with van der Waals surface area (Å²) >= 11 is 22.3. The topological polar surface area (TPSA) is 0 Å². The van der Waals surface area contributed by atoms with E-state index in [1.807, 2.05) is 0 Å². The Morgan fingerprint density at radius 2 is 1.17 bits per heavy atom. The normalized spacial score (nSPS) is 10.5. The molecule has 0 aliphatic rings. The Morgan fingerprint density at radius 3 is 1.50 bits per heavy atom. The molecule has 0 bridgehead atoms. The van der Waals surface area contributed by atoms with Gasteiger partial charge in [0.2, 0.25) is 0 Å². The fraction of sp³-hybridized carbons (Fsp3) is 0.143. The van der Waals surface area contributed by atoms with Crippen LogP contribution in [0.25, 0.3) is 0 Å². The average molecular weight is 248 g/mol. The Bertz CT molecular complexity index is 230. The third-order valence-corrected chi connectivity index (χ3v) is 3.28. The molecule has 0 atom stereocenters. The predicted molar refractivity (Wildman–Crippen MR) is 51.2 cm³/mol. The van der Waals surface area contributed by atoms with Crippen LogP contribution in [0.5, 0.6) is 0 Å². The SMILES string of the molecule is Cc1c(Cl)c(Cl)c(F)c(Cl)c1Cl. The predicted octanol–water partition coefficient (Wildman–Crippen LogP) is 4.75. The molecule has 0 amide bonds. The van der Waals surface area contributed by atoms with E-state index in [0.717, 1.165) is 0 Å². The molecule has 1 aromatic carbocycles. The van der Waals surface area contributed by atoms with Gasteiger partial charge in [0.05, 0.1) is 20.1 Å². The molecule has 0 spiro atoms. The van der Waals surface area contributed by atoms with Gasteiger partial charge < -0.3 is 0 Å². The third kappa shape index (κ3) is 1.51. The molecule has 0 saturated heterocycles. The van der Waals surface area contributed by atoms with Gasteiger partial charge in [-0.1, -0.05) is 46.4 Å².